The van der Waals surface area contributed by atoms with E-state index in [9.17, 15) is 4.79 Å². The zero-order valence-corrected chi connectivity index (χ0v) is 15.4. The number of halogens is 1. The highest BCUT2D eigenvalue weighted by atomic mass is 35.5. The summed E-state index contributed by atoms with van der Waals surface area (Å²) in [5.74, 6) is 0.324. The Balaban J connectivity index is 2.17. The number of amides is 1. The van der Waals surface area contributed by atoms with Crippen LogP contribution in [0, 0.1) is 5.92 Å². The van der Waals surface area contributed by atoms with Crippen LogP contribution in [0.15, 0.2) is 54.6 Å². The lowest BCUT2D eigenvalue weighted by molar-refractivity contribution is 0.0773. The van der Waals surface area contributed by atoms with Crippen LogP contribution >= 0.6 is 11.6 Å². The summed E-state index contributed by atoms with van der Waals surface area (Å²) in [5, 5.41) is 2.59. The lowest BCUT2D eigenvalue weighted by Gasteiger charge is -2.20. The zero-order valence-electron chi connectivity index (χ0n) is 14.7. The van der Waals surface area contributed by atoms with Crippen LogP contribution in [0.3, 0.4) is 0 Å². The van der Waals surface area contributed by atoms with Crippen molar-refractivity contribution in [2.45, 2.75) is 13.8 Å². The maximum atomic E-state index is 12.8. The van der Waals surface area contributed by atoms with Crippen molar-refractivity contribution in [3.63, 3.8) is 0 Å². The van der Waals surface area contributed by atoms with E-state index < -0.39 is 0 Å². The van der Waals surface area contributed by atoms with Gasteiger partial charge in [0.2, 0.25) is 0 Å². The molecule has 0 saturated heterocycles. The van der Waals surface area contributed by atoms with E-state index in [1.54, 1.807) is 4.90 Å². The molecular formula is C21H21ClN2O. The van der Waals surface area contributed by atoms with E-state index in [1.807, 2.05) is 61.6 Å². The summed E-state index contributed by atoms with van der Waals surface area (Å²) in [6.07, 6.45) is 0. The molecule has 0 unspecified atom stereocenters. The second-order valence-corrected chi connectivity index (χ2v) is 7.04. The van der Waals surface area contributed by atoms with Crippen molar-refractivity contribution < 1.29 is 4.79 Å². The second-order valence-electron chi connectivity index (χ2n) is 6.64. The van der Waals surface area contributed by atoms with Crippen molar-refractivity contribution in [1.82, 2.24) is 9.88 Å². The molecule has 1 amide bonds. The third kappa shape index (κ3) is 3.67. The molecule has 0 aliphatic rings. The first kappa shape index (κ1) is 17.4. The molecule has 1 aromatic heterocycles. The molecule has 4 heteroatoms. The number of pyridine rings is 1. The van der Waals surface area contributed by atoms with E-state index in [-0.39, 0.29) is 5.91 Å². The third-order valence-electron chi connectivity index (χ3n) is 4.07. The highest BCUT2D eigenvalue weighted by Gasteiger charge is 2.18. The van der Waals surface area contributed by atoms with E-state index in [0.717, 1.165) is 22.0 Å². The topological polar surface area (TPSA) is 33.2 Å². The van der Waals surface area contributed by atoms with Crippen molar-refractivity contribution in [3.05, 3.63) is 65.3 Å². The summed E-state index contributed by atoms with van der Waals surface area (Å²) < 4.78 is 0. The van der Waals surface area contributed by atoms with E-state index in [0.29, 0.717) is 23.2 Å². The van der Waals surface area contributed by atoms with Gasteiger partial charge >= 0.3 is 0 Å². The summed E-state index contributed by atoms with van der Waals surface area (Å²) in [6.45, 7) is 4.87. The predicted molar refractivity (Wildman–Crippen MR) is 104 cm³/mol. The molecule has 128 valence electrons. The smallest absolute Gasteiger partial charge is 0.272 e. The Bertz CT molecular complexity index is 921. The number of hydrogen-bond acceptors (Lipinski definition) is 2. The average molecular weight is 353 g/mol. The summed E-state index contributed by atoms with van der Waals surface area (Å²) in [4.78, 5) is 19.2. The van der Waals surface area contributed by atoms with Gasteiger partial charge in [-0.2, -0.15) is 0 Å². The van der Waals surface area contributed by atoms with Gasteiger partial charge in [0.1, 0.15) is 5.69 Å². The van der Waals surface area contributed by atoms with Crippen LogP contribution < -0.4 is 0 Å². The monoisotopic (exact) mass is 352 g/mol. The zero-order chi connectivity index (χ0) is 18.0. The second kappa shape index (κ2) is 7.24. The Morgan fingerprint density at radius 3 is 2.52 bits per heavy atom. The fraction of sp³-hybridized carbons (Fsp3) is 0.238. The molecule has 0 radical (unpaired) electrons. The number of nitrogens with zero attached hydrogens (tertiary/aromatic N) is 2. The number of fused-ring (bicyclic) bond motifs is 1. The molecule has 3 nitrogen and oxygen atoms in total. The molecule has 0 bridgehead atoms. The van der Waals surface area contributed by atoms with Crippen LogP contribution in [0.4, 0.5) is 0 Å². The minimum atomic E-state index is -0.0762. The first-order valence-electron chi connectivity index (χ1n) is 8.37. The van der Waals surface area contributed by atoms with Gasteiger partial charge in [-0.15, -0.1) is 0 Å². The maximum Gasteiger partial charge on any atom is 0.272 e. The molecule has 0 N–H and O–H groups in total. The van der Waals surface area contributed by atoms with Crippen molar-refractivity contribution in [2.75, 3.05) is 13.6 Å². The molecule has 25 heavy (non-hydrogen) atoms. The Morgan fingerprint density at radius 2 is 1.80 bits per heavy atom. The molecule has 0 spiro atoms. The van der Waals surface area contributed by atoms with Crippen molar-refractivity contribution >= 4 is 28.3 Å². The predicted octanol–water partition coefficient (Wildman–Crippen LogP) is 5.28. The number of rotatable bonds is 4. The highest BCUT2D eigenvalue weighted by molar-refractivity contribution is 6.33. The fourth-order valence-corrected chi connectivity index (χ4v) is 3.22. The molecule has 0 atom stereocenters. The third-order valence-corrected chi connectivity index (χ3v) is 4.40. The minimum absolute atomic E-state index is 0.0762. The molecule has 2 aromatic carbocycles. The lowest BCUT2D eigenvalue weighted by atomic mass is 10.0. The molecule has 3 rings (SSSR count). The van der Waals surface area contributed by atoms with Gasteiger partial charge in [-0.1, -0.05) is 67.9 Å². The fourth-order valence-electron chi connectivity index (χ4n) is 2.99. The average Bonchev–Trinajstić information content (AvgIpc) is 2.60. The van der Waals surface area contributed by atoms with Gasteiger partial charge in [0.25, 0.3) is 5.91 Å². The van der Waals surface area contributed by atoms with Gasteiger partial charge in [-0.05, 0) is 23.4 Å². The summed E-state index contributed by atoms with van der Waals surface area (Å²) >= 11 is 6.39. The number of hydrogen-bond donors (Lipinski definition) is 0. The Morgan fingerprint density at radius 1 is 1.12 bits per heavy atom. The maximum absolute atomic E-state index is 12.8. The van der Waals surface area contributed by atoms with Crippen LogP contribution in [-0.4, -0.2) is 29.4 Å². The van der Waals surface area contributed by atoms with Gasteiger partial charge in [-0.3, -0.25) is 4.79 Å². The molecule has 0 aliphatic heterocycles. The van der Waals surface area contributed by atoms with E-state index in [1.165, 1.54) is 0 Å². The summed E-state index contributed by atoms with van der Waals surface area (Å²) in [7, 11) is 1.81. The number of benzene rings is 2. The first-order valence-corrected chi connectivity index (χ1v) is 8.75. The van der Waals surface area contributed by atoms with Crippen LogP contribution in [0.1, 0.15) is 24.3 Å². The summed E-state index contributed by atoms with van der Waals surface area (Å²) in [6, 6.07) is 17.4. The lowest BCUT2D eigenvalue weighted by Crippen LogP contribution is -2.31. The van der Waals surface area contributed by atoms with Gasteiger partial charge in [0.05, 0.1) is 5.69 Å². The quantitative estimate of drug-likeness (QED) is 0.639. The van der Waals surface area contributed by atoms with Crippen LogP contribution in [0.2, 0.25) is 5.02 Å². The molecule has 1 heterocycles. The van der Waals surface area contributed by atoms with Gasteiger partial charge in [0, 0.05) is 29.6 Å². The molecule has 0 aliphatic carbocycles. The van der Waals surface area contributed by atoms with Crippen molar-refractivity contribution in [1.29, 1.82) is 0 Å². The van der Waals surface area contributed by atoms with E-state index >= 15 is 0 Å². The molecule has 0 fully saturated rings. The summed E-state index contributed by atoms with van der Waals surface area (Å²) in [5.41, 5.74) is 2.02. The Hall–Kier alpha value is -2.39. The standard InChI is InChI=1S/C21H21ClN2O/c1-14(2)13-24(3)21(25)19-12-15-8-4-5-9-16(15)20(23-19)17-10-6-7-11-18(17)22/h4-12,14H,13H2,1-3H3. The van der Waals surface area contributed by atoms with Gasteiger partial charge in [0.15, 0.2) is 0 Å². The molecule has 0 saturated carbocycles. The van der Waals surface area contributed by atoms with E-state index in [4.69, 9.17) is 11.6 Å². The SMILES string of the molecule is CC(C)CN(C)C(=O)c1cc2ccccc2c(-c2ccccc2Cl)n1. The van der Waals surface area contributed by atoms with Crippen LogP contribution in [0.5, 0.6) is 0 Å². The highest BCUT2D eigenvalue weighted by Crippen LogP contribution is 2.32. The number of carbonyl (C=O) groups is 1. The van der Waals surface area contributed by atoms with Crippen molar-refractivity contribution in [2.24, 2.45) is 5.92 Å². The normalized spacial score (nSPS) is 11.1. The first-order chi connectivity index (χ1) is 12.0. The number of aromatic nitrogens is 1. The largest absolute Gasteiger partial charge is 0.340 e. The Labute approximate surface area is 153 Å². The van der Waals surface area contributed by atoms with Crippen LogP contribution in [-0.2, 0) is 0 Å². The van der Waals surface area contributed by atoms with E-state index in [2.05, 4.69) is 18.8 Å². The van der Waals surface area contributed by atoms with Gasteiger partial charge in [-0.25, -0.2) is 4.98 Å². The van der Waals surface area contributed by atoms with Gasteiger partial charge < -0.3 is 4.90 Å². The van der Waals surface area contributed by atoms with Crippen molar-refractivity contribution in [3.8, 4) is 11.3 Å². The molecular weight excluding hydrogens is 332 g/mol. The Kier molecular flexibility index (Phi) is 5.05. The van der Waals surface area contributed by atoms with Crippen LogP contribution in [0.25, 0.3) is 22.0 Å². The minimum Gasteiger partial charge on any atom is -0.340 e. The number of carbonyl (C=O) groups excluding carboxylic acids is 1. The molecule has 3 aromatic rings.